The van der Waals surface area contributed by atoms with Gasteiger partial charge in [0, 0.05) is 16.8 Å². The predicted molar refractivity (Wildman–Crippen MR) is 111 cm³/mol. The third-order valence-electron chi connectivity index (χ3n) is 4.20. The number of ketones is 1. The number of benzene rings is 3. The van der Waals surface area contributed by atoms with Crippen LogP contribution in [0.2, 0.25) is 5.02 Å². The van der Waals surface area contributed by atoms with E-state index in [0.29, 0.717) is 16.8 Å². The predicted octanol–water partition coefficient (Wildman–Crippen LogP) is 5.08. The zero-order valence-corrected chi connectivity index (χ0v) is 16.3. The maximum Gasteiger partial charge on any atom is 0.340 e. The smallest absolute Gasteiger partial charge is 0.340 e. The Morgan fingerprint density at radius 1 is 0.897 bits per heavy atom. The van der Waals surface area contributed by atoms with Crippen LogP contribution in [0.25, 0.3) is 0 Å². The standard InChI is InChI=1S/C23H18ClNO4/c1-15(26)17-10-7-11-18(14-17)25-22(27)21(16-8-3-2-4-9-16)29-23(28)19-12-5-6-13-20(19)24/h2-14,21H,1H3,(H,25,27)/t21-/m0/s1. The molecule has 0 saturated carbocycles. The molecule has 0 aliphatic carbocycles. The van der Waals surface area contributed by atoms with Crippen molar-refractivity contribution >= 4 is 34.9 Å². The first-order chi connectivity index (χ1) is 14.0. The first kappa shape index (κ1) is 20.3. The molecule has 0 fully saturated rings. The van der Waals surface area contributed by atoms with Crippen LogP contribution in [0, 0.1) is 0 Å². The number of hydrogen-bond donors (Lipinski definition) is 1. The Kier molecular flexibility index (Phi) is 6.42. The summed E-state index contributed by atoms with van der Waals surface area (Å²) in [6, 6.07) is 21.7. The van der Waals surface area contributed by atoms with E-state index in [-0.39, 0.29) is 16.4 Å². The Morgan fingerprint density at radius 3 is 2.28 bits per heavy atom. The summed E-state index contributed by atoms with van der Waals surface area (Å²) in [5.41, 5.74) is 1.57. The van der Waals surface area contributed by atoms with Gasteiger partial charge in [0.15, 0.2) is 5.78 Å². The van der Waals surface area contributed by atoms with Crippen LogP contribution in [0.15, 0.2) is 78.9 Å². The van der Waals surface area contributed by atoms with Gasteiger partial charge in [-0.1, -0.05) is 66.2 Å². The van der Waals surface area contributed by atoms with Gasteiger partial charge in [0.25, 0.3) is 5.91 Å². The molecule has 0 spiro atoms. The van der Waals surface area contributed by atoms with E-state index in [1.165, 1.54) is 13.0 Å². The van der Waals surface area contributed by atoms with Crippen molar-refractivity contribution in [3.8, 4) is 0 Å². The number of ether oxygens (including phenoxy) is 1. The SMILES string of the molecule is CC(=O)c1cccc(NC(=O)[C@@H](OC(=O)c2ccccc2Cl)c2ccccc2)c1. The van der Waals surface area contributed by atoms with Gasteiger partial charge in [-0.05, 0) is 31.2 Å². The highest BCUT2D eigenvalue weighted by atomic mass is 35.5. The van der Waals surface area contributed by atoms with Crippen LogP contribution in [0.3, 0.4) is 0 Å². The number of nitrogens with one attached hydrogen (secondary N) is 1. The Labute approximate surface area is 173 Å². The van der Waals surface area contributed by atoms with Crippen molar-refractivity contribution in [3.05, 3.63) is 101 Å². The molecule has 0 heterocycles. The van der Waals surface area contributed by atoms with Crippen molar-refractivity contribution in [2.45, 2.75) is 13.0 Å². The lowest BCUT2D eigenvalue weighted by molar-refractivity contribution is -0.125. The second-order valence-corrected chi connectivity index (χ2v) is 6.71. The number of hydrogen-bond acceptors (Lipinski definition) is 4. The average molecular weight is 408 g/mol. The van der Waals surface area contributed by atoms with Crippen LogP contribution < -0.4 is 5.32 Å². The van der Waals surface area contributed by atoms with Crippen LogP contribution in [-0.2, 0) is 9.53 Å². The van der Waals surface area contributed by atoms with E-state index in [4.69, 9.17) is 16.3 Å². The molecule has 1 amide bonds. The minimum atomic E-state index is -1.19. The van der Waals surface area contributed by atoms with Gasteiger partial charge in [-0.2, -0.15) is 0 Å². The van der Waals surface area contributed by atoms with Gasteiger partial charge in [-0.25, -0.2) is 4.79 Å². The van der Waals surface area contributed by atoms with Crippen molar-refractivity contribution in [2.24, 2.45) is 0 Å². The number of amides is 1. The molecule has 3 rings (SSSR count). The molecule has 5 nitrogen and oxygen atoms in total. The van der Waals surface area contributed by atoms with Crippen LogP contribution in [-0.4, -0.2) is 17.7 Å². The lowest BCUT2D eigenvalue weighted by Gasteiger charge is -2.18. The van der Waals surface area contributed by atoms with Crippen LogP contribution >= 0.6 is 11.6 Å². The summed E-state index contributed by atoms with van der Waals surface area (Å²) in [4.78, 5) is 37.1. The number of anilines is 1. The second-order valence-electron chi connectivity index (χ2n) is 6.30. The molecule has 29 heavy (non-hydrogen) atoms. The molecular weight excluding hydrogens is 390 g/mol. The third-order valence-corrected chi connectivity index (χ3v) is 4.53. The molecule has 0 aliphatic rings. The van der Waals surface area contributed by atoms with Gasteiger partial charge in [0.05, 0.1) is 10.6 Å². The van der Waals surface area contributed by atoms with Crippen molar-refractivity contribution in [2.75, 3.05) is 5.32 Å². The highest BCUT2D eigenvalue weighted by molar-refractivity contribution is 6.33. The molecule has 0 aliphatic heterocycles. The molecule has 0 radical (unpaired) electrons. The first-order valence-corrected chi connectivity index (χ1v) is 9.26. The normalized spacial score (nSPS) is 11.4. The van der Waals surface area contributed by atoms with Crippen molar-refractivity contribution in [1.29, 1.82) is 0 Å². The van der Waals surface area contributed by atoms with Crippen molar-refractivity contribution in [3.63, 3.8) is 0 Å². The van der Waals surface area contributed by atoms with Crippen molar-refractivity contribution < 1.29 is 19.1 Å². The number of Topliss-reactive ketones (excluding diaryl/α,β-unsaturated/α-hetero) is 1. The molecule has 0 saturated heterocycles. The Balaban J connectivity index is 1.87. The largest absolute Gasteiger partial charge is 0.444 e. The zero-order valence-electron chi connectivity index (χ0n) is 15.6. The molecule has 3 aromatic rings. The van der Waals surface area contributed by atoms with Crippen LogP contribution in [0.1, 0.15) is 39.3 Å². The van der Waals surface area contributed by atoms with Gasteiger partial charge in [0.2, 0.25) is 6.10 Å². The molecule has 0 bridgehead atoms. The quantitative estimate of drug-likeness (QED) is 0.457. The van der Waals surface area contributed by atoms with E-state index < -0.39 is 18.0 Å². The Bertz CT molecular complexity index is 1050. The fourth-order valence-electron chi connectivity index (χ4n) is 2.72. The number of esters is 1. The van der Waals surface area contributed by atoms with E-state index in [9.17, 15) is 14.4 Å². The number of carbonyl (C=O) groups excluding carboxylic acids is 3. The van der Waals surface area contributed by atoms with E-state index in [2.05, 4.69) is 5.32 Å². The first-order valence-electron chi connectivity index (χ1n) is 8.88. The lowest BCUT2D eigenvalue weighted by Crippen LogP contribution is -2.26. The van der Waals surface area contributed by atoms with Gasteiger partial charge in [-0.15, -0.1) is 0 Å². The Morgan fingerprint density at radius 2 is 1.59 bits per heavy atom. The molecule has 146 valence electrons. The summed E-state index contributed by atoms with van der Waals surface area (Å²) in [6.45, 7) is 1.44. The highest BCUT2D eigenvalue weighted by Gasteiger charge is 2.26. The van der Waals surface area contributed by atoms with E-state index in [1.807, 2.05) is 0 Å². The molecule has 1 N–H and O–H groups in total. The molecule has 1 atom stereocenters. The summed E-state index contributed by atoms with van der Waals surface area (Å²) < 4.78 is 5.51. The molecule has 3 aromatic carbocycles. The molecule has 6 heteroatoms. The minimum absolute atomic E-state index is 0.120. The average Bonchev–Trinajstić information content (AvgIpc) is 2.73. The van der Waals surface area contributed by atoms with E-state index in [0.717, 1.165) is 0 Å². The van der Waals surface area contributed by atoms with Crippen molar-refractivity contribution in [1.82, 2.24) is 0 Å². The van der Waals surface area contributed by atoms with Gasteiger partial charge in [0.1, 0.15) is 0 Å². The summed E-state index contributed by atoms with van der Waals surface area (Å²) in [5, 5.41) is 2.94. The van der Waals surface area contributed by atoms with Gasteiger partial charge in [-0.3, -0.25) is 9.59 Å². The Hall–Kier alpha value is -3.44. The highest BCUT2D eigenvalue weighted by Crippen LogP contribution is 2.24. The number of rotatable bonds is 6. The summed E-state index contributed by atoms with van der Waals surface area (Å²) in [7, 11) is 0. The fraction of sp³-hybridized carbons (Fsp3) is 0.0870. The summed E-state index contributed by atoms with van der Waals surface area (Å²) in [5.74, 6) is -1.37. The summed E-state index contributed by atoms with van der Waals surface area (Å²) >= 11 is 6.07. The zero-order chi connectivity index (χ0) is 20.8. The van der Waals surface area contributed by atoms with E-state index in [1.54, 1.807) is 72.8 Å². The second kappa shape index (κ2) is 9.17. The minimum Gasteiger partial charge on any atom is -0.444 e. The molecule has 0 unspecified atom stereocenters. The monoisotopic (exact) mass is 407 g/mol. The van der Waals surface area contributed by atoms with Gasteiger partial charge >= 0.3 is 5.97 Å². The topological polar surface area (TPSA) is 72.5 Å². The number of carbonyl (C=O) groups is 3. The third kappa shape index (κ3) is 5.09. The van der Waals surface area contributed by atoms with Gasteiger partial charge < -0.3 is 10.1 Å². The lowest BCUT2D eigenvalue weighted by atomic mass is 10.1. The summed E-state index contributed by atoms with van der Waals surface area (Å²) in [6.07, 6.45) is -1.19. The molecule has 0 aromatic heterocycles. The molecular formula is C23H18ClNO4. The van der Waals surface area contributed by atoms with E-state index >= 15 is 0 Å². The number of halogens is 1. The van der Waals surface area contributed by atoms with Crippen LogP contribution in [0.5, 0.6) is 0 Å². The maximum atomic E-state index is 12.9. The van der Waals surface area contributed by atoms with Crippen LogP contribution in [0.4, 0.5) is 5.69 Å². The maximum absolute atomic E-state index is 12.9. The fourth-order valence-corrected chi connectivity index (χ4v) is 2.93.